The predicted octanol–water partition coefficient (Wildman–Crippen LogP) is 3.88. The van der Waals surface area contributed by atoms with Crippen LogP contribution in [-0.2, 0) is 0 Å². The molecule has 2 aromatic carbocycles. The highest BCUT2D eigenvalue weighted by Gasteiger charge is 2.05. The molecule has 6 nitrogen and oxygen atoms in total. The van der Waals surface area contributed by atoms with Crippen LogP contribution < -0.4 is 10.6 Å². The molecule has 2 heterocycles. The predicted molar refractivity (Wildman–Crippen MR) is 89.6 cm³/mol. The zero-order valence-corrected chi connectivity index (χ0v) is 12.5. The van der Waals surface area contributed by atoms with E-state index in [4.69, 9.17) is 8.83 Å². The Kier molecular flexibility index (Phi) is 3.56. The molecule has 0 saturated heterocycles. The smallest absolute Gasteiger partial charge is 0.295 e. The fourth-order valence-corrected chi connectivity index (χ4v) is 2.37. The molecule has 2 aromatic heterocycles. The fourth-order valence-electron chi connectivity index (χ4n) is 2.37. The zero-order chi connectivity index (χ0) is 15.5. The lowest BCUT2D eigenvalue weighted by Gasteiger charge is -2.02. The number of aromatic nitrogens is 2. The van der Waals surface area contributed by atoms with Crippen molar-refractivity contribution in [2.75, 3.05) is 23.7 Å². The van der Waals surface area contributed by atoms with Crippen molar-refractivity contribution in [1.82, 2.24) is 9.97 Å². The van der Waals surface area contributed by atoms with E-state index in [1.165, 1.54) is 0 Å². The summed E-state index contributed by atoms with van der Waals surface area (Å²) in [4.78, 5) is 8.74. The summed E-state index contributed by atoms with van der Waals surface area (Å²) in [5.41, 5.74) is 3.30. The molecule has 2 N–H and O–H groups in total. The van der Waals surface area contributed by atoms with Gasteiger partial charge in [0.05, 0.1) is 0 Å². The molecule has 6 heteroatoms. The number of hydrogen-bond donors (Lipinski definition) is 2. The van der Waals surface area contributed by atoms with Gasteiger partial charge >= 0.3 is 0 Å². The molecule has 0 atom stereocenters. The number of benzene rings is 2. The fraction of sp³-hybridized carbons (Fsp3) is 0.176. The van der Waals surface area contributed by atoms with Crippen molar-refractivity contribution in [2.45, 2.75) is 6.42 Å². The third kappa shape index (κ3) is 2.96. The molecule has 23 heavy (non-hydrogen) atoms. The van der Waals surface area contributed by atoms with Crippen LogP contribution in [0, 0.1) is 0 Å². The van der Waals surface area contributed by atoms with Gasteiger partial charge in [0.15, 0.2) is 11.2 Å². The second-order valence-electron chi connectivity index (χ2n) is 5.18. The molecule has 4 aromatic rings. The van der Waals surface area contributed by atoms with Crippen molar-refractivity contribution in [3.05, 3.63) is 48.5 Å². The Bertz CT molecular complexity index is 786. The second-order valence-corrected chi connectivity index (χ2v) is 5.18. The van der Waals surface area contributed by atoms with E-state index >= 15 is 0 Å². The van der Waals surface area contributed by atoms with Gasteiger partial charge in [0, 0.05) is 13.1 Å². The molecule has 0 aliphatic carbocycles. The molecule has 0 saturated carbocycles. The van der Waals surface area contributed by atoms with E-state index in [2.05, 4.69) is 20.6 Å². The monoisotopic (exact) mass is 308 g/mol. The van der Waals surface area contributed by atoms with Gasteiger partial charge in [-0.2, -0.15) is 9.97 Å². The van der Waals surface area contributed by atoms with Crippen LogP contribution in [0.4, 0.5) is 12.0 Å². The van der Waals surface area contributed by atoms with Crippen LogP contribution in [0.5, 0.6) is 0 Å². The van der Waals surface area contributed by atoms with Gasteiger partial charge in [0.1, 0.15) is 11.0 Å². The van der Waals surface area contributed by atoms with Crippen molar-refractivity contribution in [3.8, 4) is 0 Å². The molecule has 0 unspecified atom stereocenters. The number of anilines is 2. The maximum Gasteiger partial charge on any atom is 0.295 e. The van der Waals surface area contributed by atoms with Gasteiger partial charge in [-0.25, -0.2) is 0 Å². The minimum atomic E-state index is 0.549. The van der Waals surface area contributed by atoms with Gasteiger partial charge in [0.2, 0.25) is 0 Å². The van der Waals surface area contributed by atoms with Gasteiger partial charge < -0.3 is 19.5 Å². The summed E-state index contributed by atoms with van der Waals surface area (Å²) in [6, 6.07) is 16.5. The minimum Gasteiger partial charge on any atom is -0.424 e. The number of rotatable bonds is 6. The average Bonchev–Trinajstić information content (AvgIpc) is 3.17. The molecule has 0 spiro atoms. The molecule has 0 bridgehead atoms. The number of nitrogens with zero attached hydrogens (tertiary/aromatic N) is 2. The Morgan fingerprint density at radius 3 is 1.65 bits per heavy atom. The first kappa shape index (κ1) is 13.6. The Labute approximate surface area is 132 Å². The van der Waals surface area contributed by atoms with E-state index in [1.807, 2.05) is 48.5 Å². The standard InChI is InChI=1S/C17H16N4O2/c1-3-8-14-12(6-1)20-16(22-14)18-10-5-11-19-17-21-13-7-2-4-9-15(13)23-17/h1-4,6-9H,5,10-11H2,(H,18,20)(H,19,21). The minimum absolute atomic E-state index is 0.549. The first-order valence-electron chi connectivity index (χ1n) is 7.57. The molecule has 4 rings (SSSR count). The molecule has 0 aliphatic heterocycles. The molecule has 116 valence electrons. The zero-order valence-electron chi connectivity index (χ0n) is 12.5. The summed E-state index contributed by atoms with van der Waals surface area (Å²) >= 11 is 0. The number of para-hydroxylation sites is 4. The third-order valence-electron chi connectivity index (χ3n) is 3.49. The van der Waals surface area contributed by atoms with Crippen LogP contribution in [0.3, 0.4) is 0 Å². The largest absolute Gasteiger partial charge is 0.424 e. The van der Waals surface area contributed by atoms with Crippen molar-refractivity contribution in [2.24, 2.45) is 0 Å². The first-order chi connectivity index (χ1) is 11.4. The van der Waals surface area contributed by atoms with Crippen LogP contribution in [0.25, 0.3) is 22.2 Å². The lowest BCUT2D eigenvalue weighted by atomic mass is 10.3. The number of nitrogens with one attached hydrogen (secondary N) is 2. The highest BCUT2D eigenvalue weighted by Crippen LogP contribution is 2.19. The second kappa shape index (κ2) is 6.00. The Morgan fingerprint density at radius 1 is 0.696 bits per heavy atom. The van der Waals surface area contributed by atoms with Crippen molar-refractivity contribution in [3.63, 3.8) is 0 Å². The Balaban J connectivity index is 1.27. The average molecular weight is 308 g/mol. The topological polar surface area (TPSA) is 76.1 Å². The number of fused-ring (bicyclic) bond motifs is 2. The molecule has 0 fully saturated rings. The SMILES string of the molecule is c1ccc2oc(NCCCNc3nc4ccccc4o3)nc2c1. The van der Waals surface area contributed by atoms with Crippen LogP contribution >= 0.6 is 0 Å². The highest BCUT2D eigenvalue weighted by molar-refractivity contribution is 5.74. The summed E-state index contributed by atoms with van der Waals surface area (Å²) in [7, 11) is 0. The van der Waals surface area contributed by atoms with E-state index in [-0.39, 0.29) is 0 Å². The van der Waals surface area contributed by atoms with Gasteiger partial charge in [0.25, 0.3) is 12.0 Å². The maximum absolute atomic E-state index is 5.60. The lowest BCUT2D eigenvalue weighted by Crippen LogP contribution is -2.09. The quantitative estimate of drug-likeness (QED) is 0.526. The number of oxazole rings is 2. The molecular weight excluding hydrogens is 292 g/mol. The molecule has 0 amide bonds. The van der Waals surface area contributed by atoms with E-state index in [0.717, 1.165) is 41.7 Å². The van der Waals surface area contributed by atoms with Gasteiger partial charge in [-0.15, -0.1) is 0 Å². The van der Waals surface area contributed by atoms with Crippen LogP contribution in [0.15, 0.2) is 57.4 Å². The first-order valence-corrected chi connectivity index (χ1v) is 7.57. The van der Waals surface area contributed by atoms with Gasteiger partial charge in [-0.1, -0.05) is 24.3 Å². The summed E-state index contributed by atoms with van der Waals surface area (Å²) < 4.78 is 11.2. The summed E-state index contributed by atoms with van der Waals surface area (Å²) in [5.74, 6) is 0. The van der Waals surface area contributed by atoms with Crippen LogP contribution in [-0.4, -0.2) is 23.1 Å². The summed E-state index contributed by atoms with van der Waals surface area (Å²) in [6.07, 6.45) is 0.886. The molecule has 0 aliphatic rings. The third-order valence-corrected chi connectivity index (χ3v) is 3.49. The molecule has 0 radical (unpaired) electrons. The maximum atomic E-state index is 5.60. The number of hydrogen-bond acceptors (Lipinski definition) is 6. The van der Waals surface area contributed by atoms with Crippen molar-refractivity contribution in [1.29, 1.82) is 0 Å². The highest BCUT2D eigenvalue weighted by atomic mass is 16.4. The Morgan fingerprint density at radius 2 is 1.17 bits per heavy atom. The van der Waals surface area contributed by atoms with Gasteiger partial charge in [-0.05, 0) is 30.7 Å². The van der Waals surface area contributed by atoms with Crippen LogP contribution in [0.1, 0.15) is 6.42 Å². The van der Waals surface area contributed by atoms with Crippen molar-refractivity contribution >= 4 is 34.2 Å². The lowest BCUT2D eigenvalue weighted by molar-refractivity contribution is 0.607. The van der Waals surface area contributed by atoms with Crippen molar-refractivity contribution < 1.29 is 8.83 Å². The van der Waals surface area contributed by atoms with Gasteiger partial charge in [-0.3, -0.25) is 0 Å². The van der Waals surface area contributed by atoms with Crippen LogP contribution in [0.2, 0.25) is 0 Å². The van der Waals surface area contributed by atoms with E-state index < -0.39 is 0 Å². The van der Waals surface area contributed by atoms with E-state index in [9.17, 15) is 0 Å². The summed E-state index contributed by atoms with van der Waals surface area (Å²) in [6.45, 7) is 1.50. The summed E-state index contributed by atoms with van der Waals surface area (Å²) in [5, 5.41) is 6.36. The Hall–Kier alpha value is -3.02. The van der Waals surface area contributed by atoms with E-state index in [0.29, 0.717) is 12.0 Å². The molecular formula is C17H16N4O2. The normalized spacial score (nSPS) is 11.1. The van der Waals surface area contributed by atoms with E-state index in [1.54, 1.807) is 0 Å².